The van der Waals surface area contributed by atoms with Crippen molar-refractivity contribution in [2.75, 3.05) is 0 Å². The summed E-state index contributed by atoms with van der Waals surface area (Å²) in [6.45, 7) is 11.4. The Kier molecular flexibility index (Phi) is 5.28. The predicted molar refractivity (Wildman–Crippen MR) is 57.3 cm³/mol. The highest BCUT2D eigenvalue weighted by atomic mass is 14.2. The molecule has 0 aliphatic rings. The number of allylic oxidation sites excluding steroid dienone is 2. The lowest BCUT2D eigenvalue weighted by Gasteiger charge is -2.25. The molecule has 0 heterocycles. The molecule has 0 aromatic carbocycles. The molecular formula is C12H24. The molecule has 12 heavy (non-hydrogen) atoms. The summed E-state index contributed by atoms with van der Waals surface area (Å²) in [7, 11) is 0. The second-order valence-corrected chi connectivity index (χ2v) is 4.52. The van der Waals surface area contributed by atoms with E-state index in [1.54, 1.807) is 0 Å². The molecule has 0 saturated heterocycles. The molecule has 0 radical (unpaired) electrons. The van der Waals surface area contributed by atoms with E-state index in [9.17, 15) is 0 Å². The second kappa shape index (κ2) is 5.40. The van der Waals surface area contributed by atoms with Crippen LogP contribution in [-0.2, 0) is 0 Å². The van der Waals surface area contributed by atoms with Gasteiger partial charge in [0.05, 0.1) is 0 Å². The molecule has 0 bridgehead atoms. The fourth-order valence-electron chi connectivity index (χ4n) is 0.902. The Bertz CT molecular complexity index is 129. The molecule has 0 spiro atoms. The maximum Gasteiger partial charge on any atom is -0.0152 e. The molecule has 0 atom stereocenters. The van der Waals surface area contributed by atoms with Crippen molar-refractivity contribution in [3.8, 4) is 0 Å². The maximum absolute atomic E-state index is 2.37. The molecule has 0 unspecified atom stereocenters. The molecule has 0 rings (SSSR count). The van der Waals surface area contributed by atoms with E-state index >= 15 is 0 Å². The molecule has 0 saturated carbocycles. The minimum atomic E-state index is 0.369. The number of hydrogen-bond acceptors (Lipinski definition) is 0. The molecule has 0 heteroatoms. The average Bonchev–Trinajstić information content (AvgIpc) is 1.98. The van der Waals surface area contributed by atoms with Crippen molar-refractivity contribution in [3.63, 3.8) is 0 Å². The van der Waals surface area contributed by atoms with Crippen LogP contribution in [0.1, 0.15) is 53.9 Å². The van der Waals surface area contributed by atoms with Crippen LogP contribution in [0.3, 0.4) is 0 Å². The Hall–Kier alpha value is -0.260. The van der Waals surface area contributed by atoms with Crippen LogP contribution in [0.5, 0.6) is 0 Å². The van der Waals surface area contributed by atoms with Gasteiger partial charge >= 0.3 is 0 Å². The third-order valence-electron chi connectivity index (χ3n) is 2.76. The van der Waals surface area contributed by atoms with Gasteiger partial charge in [-0.25, -0.2) is 0 Å². The first kappa shape index (κ1) is 11.7. The number of rotatable bonds is 5. The monoisotopic (exact) mass is 168 g/mol. The Labute approximate surface area is 78.1 Å². The van der Waals surface area contributed by atoms with Crippen LogP contribution in [0, 0.1) is 11.3 Å². The lowest BCUT2D eigenvalue weighted by molar-refractivity contribution is 0.332. The first-order chi connectivity index (χ1) is 5.50. The maximum atomic E-state index is 2.37. The van der Waals surface area contributed by atoms with E-state index in [2.05, 4.69) is 46.8 Å². The Morgan fingerprint density at radius 3 is 2.25 bits per heavy atom. The fourth-order valence-corrected chi connectivity index (χ4v) is 0.902. The standard InChI is InChI=1S/C12H24/c1-6-7-8-9-10-12(4,5)11(2)3/h9-11H,6-8H2,1-5H3. The SMILES string of the molecule is CCCCC=CC(C)(C)C(C)C. The van der Waals surface area contributed by atoms with Crippen LogP contribution >= 0.6 is 0 Å². The first-order valence-electron chi connectivity index (χ1n) is 5.18. The molecule has 0 aliphatic heterocycles. The smallest absolute Gasteiger partial charge is 0.0152 e. The van der Waals surface area contributed by atoms with E-state index < -0.39 is 0 Å². The number of unbranched alkanes of at least 4 members (excludes halogenated alkanes) is 2. The van der Waals surface area contributed by atoms with Gasteiger partial charge in [0.15, 0.2) is 0 Å². The van der Waals surface area contributed by atoms with Crippen LogP contribution in [0.15, 0.2) is 12.2 Å². The first-order valence-corrected chi connectivity index (χ1v) is 5.18. The van der Waals surface area contributed by atoms with Gasteiger partial charge in [0.2, 0.25) is 0 Å². The lowest BCUT2D eigenvalue weighted by Crippen LogP contribution is -2.15. The van der Waals surface area contributed by atoms with Crippen molar-refractivity contribution >= 4 is 0 Å². The van der Waals surface area contributed by atoms with Crippen LogP contribution in [0.25, 0.3) is 0 Å². The molecule has 0 aromatic heterocycles. The van der Waals surface area contributed by atoms with E-state index in [-0.39, 0.29) is 0 Å². The van der Waals surface area contributed by atoms with Gasteiger partial charge in [-0.3, -0.25) is 0 Å². The Morgan fingerprint density at radius 2 is 1.83 bits per heavy atom. The molecule has 0 nitrogen and oxygen atoms in total. The summed E-state index contributed by atoms with van der Waals surface area (Å²) >= 11 is 0. The highest BCUT2D eigenvalue weighted by Crippen LogP contribution is 2.27. The predicted octanol–water partition coefficient (Wildman–Crippen LogP) is 4.42. The fraction of sp³-hybridized carbons (Fsp3) is 0.833. The number of hydrogen-bond donors (Lipinski definition) is 0. The van der Waals surface area contributed by atoms with Crippen LogP contribution in [0.2, 0.25) is 0 Å². The van der Waals surface area contributed by atoms with Gasteiger partial charge in [-0.2, -0.15) is 0 Å². The van der Waals surface area contributed by atoms with E-state index in [4.69, 9.17) is 0 Å². The van der Waals surface area contributed by atoms with E-state index in [1.807, 2.05) is 0 Å². The highest BCUT2D eigenvalue weighted by Gasteiger charge is 2.17. The summed E-state index contributed by atoms with van der Waals surface area (Å²) < 4.78 is 0. The summed E-state index contributed by atoms with van der Waals surface area (Å²) in [6.07, 6.45) is 8.57. The quantitative estimate of drug-likeness (QED) is 0.421. The minimum Gasteiger partial charge on any atom is -0.0880 e. The molecule has 0 N–H and O–H groups in total. The third kappa shape index (κ3) is 4.58. The van der Waals surface area contributed by atoms with Crippen molar-refractivity contribution in [3.05, 3.63) is 12.2 Å². The summed E-state index contributed by atoms with van der Waals surface area (Å²) in [5, 5.41) is 0. The largest absolute Gasteiger partial charge is 0.0880 e. The van der Waals surface area contributed by atoms with Crippen molar-refractivity contribution in [1.29, 1.82) is 0 Å². The summed E-state index contributed by atoms with van der Waals surface area (Å²) in [6, 6.07) is 0. The Morgan fingerprint density at radius 1 is 1.25 bits per heavy atom. The van der Waals surface area contributed by atoms with Gasteiger partial charge in [0, 0.05) is 0 Å². The van der Waals surface area contributed by atoms with Crippen molar-refractivity contribution in [1.82, 2.24) is 0 Å². The van der Waals surface area contributed by atoms with Gasteiger partial charge in [-0.15, -0.1) is 0 Å². The van der Waals surface area contributed by atoms with Crippen molar-refractivity contribution < 1.29 is 0 Å². The van der Waals surface area contributed by atoms with Gasteiger partial charge in [0.25, 0.3) is 0 Å². The molecule has 0 aliphatic carbocycles. The normalized spacial score (nSPS) is 13.2. The van der Waals surface area contributed by atoms with Crippen LogP contribution in [0.4, 0.5) is 0 Å². The van der Waals surface area contributed by atoms with Gasteiger partial charge in [0.1, 0.15) is 0 Å². The van der Waals surface area contributed by atoms with Crippen LogP contribution in [-0.4, -0.2) is 0 Å². The summed E-state index contributed by atoms with van der Waals surface area (Å²) in [5.41, 5.74) is 0.369. The topological polar surface area (TPSA) is 0 Å². The average molecular weight is 168 g/mol. The van der Waals surface area contributed by atoms with Gasteiger partial charge in [-0.1, -0.05) is 59.6 Å². The second-order valence-electron chi connectivity index (χ2n) is 4.52. The van der Waals surface area contributed by atoms with E-state index in [0.717, 1.165) is 5.92 Å². The van der Waals surface area contributed by atoms with Gasteiger partial charge < -0.3 is 0 Å². The van der Waals surface area contributed by atoms with Crippen molar-refractivity contribution in [2.24, 2.45) is 11.3 Å². The molecule has 0 amide bonds. The van der Waals surface area contributed by atoms with Crippen molar-refractivity contribution in [2.45, 2.75) is 53.9 Å². The van der Waals surface area contributed by atoms with E-state index in [0.29, 0.717) is 5.41 Å². The highest BCUT2D eigenvalue weighted by molar-refractivity contribution is 4.96. The third-order valence-corrected chi connectivity index (χ3v) is 2.76. The lowest BCUT2D eigenvalue weighted by atomic mass is 9.81. The van der Waals surface area contributed by atoms with E-state index in [1.165, 1.54) is 19.3 Å². The zero-order chi connectivity index (χ0) is 9.61. The molecule has 0 fully saturated rings. The summed E-state index contributed by atoms with van der Waals surface area (Å²) in [4.78, 5) is 0. The molecule has 72 valence electrons. The molecular weight excluding hydrogens is 144 g/mol. The summed E-state index contributed by atoms with van der Waals surface area (Å²) in [5.74, 6) is 0.732. The van der Waals surface area contributed by atoms with Gasteiger partial charge in [-0.05, 0) is 17.8 Å². The zero-order valence-corrected chi connectivity index (χ0v) is 9.35. The minimum absolute atomic E-state index is 0.369. The Balaban J connectivity index is 3.80. The molecule has 0 aromatic rings. The zero-order valence-electron chi connectivity index (χ0n) is 9.35. The van der Waals surface area contributed by atoms with Crippen LogP contribution < -0.4 is 0 Å².